The molecule has 7 nitrogen and oxygen atoms in total. The predicted octanol–water partition coefficient (Wildman–Crippen LogP) is 5.39. The van der Waals surface area contributed by atoms with Crippen LogP contribution in [-0.2, 0) is 22.6 Å². The van der Waals surface area contributed by atoms with E-state index in [9.17, 15) is 15.0 Å². The van der Waals surface area contributed by atoms with Crippen LogP contribution >= 0.6 is 0 Å². The fourth-order valence-corrected chi connectivity index (χ4v) is 5.94. The first-order valence-electron chi connectivity index (χ1n) is 15.0. The zero-order valence-corrected chi connectivity index (χ0v) is 24.1. The molecular formula is C36H38N2O5. The van der Waals surface area contributed by atoms with Gasteiger partial charge in [0.25, 0.3) is 5.91 Å². The number of aliphatic hydroxyl groups excluding tert-OH is 2. The van der Waals surface area contributed by atoms with Crippen molar-refractivity contribution in [3.8, 4) is 11.1 Å². The minimum Gasteiger partial charge on any atom is -0.392 e. The Labute approximate surface area is 252 Å². The van der Waals surface area contributed by atoms with Gasteiger partial charge in [-0.2, -0.15) is 0 Å². The van der Waals surface area contributed by atoms with Gasteiger partial charge in [0, 0.05) is 43.7 Å². The number of carbonyl (C=O) groups excluding carboxylic acids is 1. The molecule has 2 saturated heterocycles. The minimum absolute atomic E-state index is 0.00627. The lowest BCUT2D eigenvalue weighted by Gasteiger charge is -2.38. The van der Waals surface area contributed by atoms with Crippen LogP contribution in [-0.4, -0.2) is 52.9 Å². The van der Waals surface area contributed by atoms with Crippen LogP contribution in [0.15, 0.2) is 103 Å². The summed E-state index contributed by atoms with van der Waals surface area (Å²) < 4.78 is 13.0. The van der Waals surface area contributed by atoms with E-state index in [1.807, 2.05) is 84.9 Å². The molecule has 6 rings (SSSR count). The number of nitrogens with one attached hydrogen (secondary N) is 1. The van der Waals surface area contributed by atoms with Crippen LogP contribution in [0.2, 0.25) is 0 Å². The van der Waals surface area contributed by atoms with E-state index in [2.05, 4.69) is 28.4 Å². The summed E-state index contributed by atoms with van der Waals surface area (Å²) in [6.45, 7) is 2.70. The molecule has 43 heavy (non-hydrogen) atoms. The minimum atomic E-state index is -0.539. The average molecular weight is 579 g/mol. The van der Waals surface area contributed by atoms with Crippen LogP contribution in [0.3, 0.4) is 0 Å². The number of aliphatic hydroxyl groups is 2. The molecule has 1 amide bonds. The first kappa shape index (κ1) is 29.2. The first-order chi connectivity index (χ1) is 21.1. The van der Waals surface area contributed by atoms with Gasteiger partial charge in [-0.15, -0.1) is 0 Å². The van der Waals surface area contributed by atoms with Crippen molar-refractivity contribution in [3.63, 3.8) is 0 Å². The molecule has 4 aromatic rings. The molecule has 0 spiro atoms. The highest BCUT2D eigenvalue weighted by atomic mass is 16.7. The van der Waals surface area contributed by atoms with Crippen molar-refractivity contribution in [1.29, 1.82) is 0 Å². The highest BCUT2D eigenvalue weighted by molar-refractivity contribution is 5.94. The van der Waals surface area contributed by atoms with Crippen molar-refractivity contribution in [2.75, 3.05) is 19.6 Å². The Morgan fingerprint density at radius 2 is 1.58 bits per heavy atom. The van der Waals surface area contributed by atoms with E-state index < -0.39 is 6.29 Å². The molecule has 4 atom stereocenters. The number of hydrogen-bond acceptors (Lipinski definition) is 6. The Bertz CT molecular complexity index is 1490. The second kappa shape index (κ2) is 13.6. The summed E-state index contributed by atoms with van der Waals surface area (Å²) in [5.41, 5.74) is 6.62. The van der Waals surface area contributed by atoms with Gasteiger partial charge in [0.2, 0.25) is 0 Å². The smallest absolute Gasteiger partial charge is 0.251 e. The third-order valence-electron chi connectivity index (χ3n) is 8.31. The number of rotatable bonds is 9. The number of amides is 1. The summed E-state index contributed by atoms with van der Waals surface area (Å²) >= 11 is 0. The van der Waals surface area contributed by atoms with E-state index in [1.165, 1.54) is 0 Å². The lowest BCUT2D eigenvalue weighted by Crippen LogP contribution is -2.38. The standard InChI is InChI=1S/C36H38N2O5/c39-24-25-10-12-27(13-11-25)34-20-32(23-38-19-18-31(40)22-38)42-36(43-34)29-16-14-26(15-17-29)33-9-5-4-8-30(33)21-37-35(41)28-6-2-1-3-7-28/h1-17,31-32,34,36,39-40H,18-24H2,(H,37,41)/t31-,32+,34-,36-/m0/s1. The quantitative estimate of drug-likeness (QED) is 0.247. The Kier molecular flexibility index (Phi) is 9.27. The monoisotopic (exact) mass is 578 g/mol. The molecule has 2 heterocycles. The summed E-state index contributed by atoms with van der Waals surface area (Å²) in [5.74, 6) is -0.101. The highest BCUT2D eigenvalue weighted by Crippen LogP contribution is 2.39. The predicted molar refractivity (Wildman–Crippen MR) is 165 cm³/mol. The maximum Gasteiger partial charge on any atom is 0.251 e. The topological polar surface area (TPSA) is 91.3 Å². The van der Waals surface area contributed by atoms with Crippen molar-refractivity contribution >= 4 is 5.91 Å². The number of ether oxygens (including phenoxy) is 2. The molecule has 3 N–H and O–H groups in total. The normalized spacial score (nSPS) is 22.4. The van der Waals surface area contributed by atoms with Crippen LogP contribution in [0.1, 0.15) is 57.8 Å². The van der Waals surface area contributed by atoms with Gasteiger partial charge in [0.1, 0.15) is 0 Å². The van der Waals surface area contributed by atoms with Crippen LogP contribution in [0, 0.1) is 0 Å². The van der Waals surface area contributed by atoms with E-state index in [0.717, 1.165) is 52.9 Å². The lowest BCUT2D eigenvalue weighted by molar-refractivity contribution is -0.252. The van der Waals surface area contributed by atoms with Crippen LogP contribution in [0.4, 0.5) is 0 Å². The van der Waals surface area contributed by atoms with Gasteiger partial charge in [-0.1, -0.05) is 91.0 Å². The molecule has 7 heteroatoms. The van der Waals surface area contributed by atoms with Gasteiger partial charge in [0.05, 0.1) is 24.9 Å². The second-order valence-corrected chi connectivity index (χ2v) is 11.4. The average Bonchev–Trinajstić information content (AvgIpc) is 3.48. The van der Waals surface area contributed by atoms with Gasteiger partial charge < -0.3 is 25.0 Å². The molecule has 0 saturated carbocycles. The molecule has 4 aromatic carbocycles. The number of carbonyl (C=O) groups is 1. The number of β-amino-alcohol motifs (C(OH)–C–C–N with tert-alkyl or cyclic N) is 1. The van der Waals surface area contributed by atoms with Gasteiger partial charge in [0.15, 0.2) is 6.29 Å². The molecule has 2 fully saturated rings. The van der Waals surface area contributed by atoms with E-state index in [4.69, 9.17) is 9.47 Å². The van der Waals surface area contributed by atoms with E-state index in [-0.39, 0.29) is 30.8 Å². The fourth-order valence-electron chi connectivity index (χ4n) is 5.94. The molecule has 2 aliphatic rings. The van der Waals surface area contributed by atoms with Gasteiger partial charge in [-0.25, -0.2) is 0 Å². The summed E-state index contributed by atoms with van der Waals surface area (Å²) in [4.78, 5) is 14.9. The van der Waals surface area contributed by atoms with Crippen molar-refractivity contribution in [2.24, 2.45) is 0 Å². The summed E-state index contributed by atoms with van der Waals surface area (Å²) in [7, 11) is 0. The first-order valence-corrected chi connectivity index (χ1v) is 15.0. The number of likely N-dealkylation sites (tertiary alicyclic amines) is 1. The summed E-state index contributed by atoms with van der Waals surface area (Å²) in [6.07, 6.45) is 0.472. The Morgan fingerprint density at radius 1 is 0.860 bits per heavy atom. The number of benzene rings is 4. The van der Waals surface area contributed by atoms with Crippen molar-refractivity contribution in [3.05, 3.63) is 131 Å². The lowest BCUT2D eigenvalue weighted by atomic mass is 9.97. The summed E-state index contributed by atoms with van der Waals surface area (Å²) in [5, 5.41) is 22.6. The summed E-state index contributed by atoms with van der Waals surface area (Å²) in [6, 6.07) is 33.5. The maximum atomic E-state index is 12.6. The Hall–Kier alpha value is -3.85. The number of hydrogen-bond donors (Lipinski definition) is 3. The second-order valence-electron chi connectivity index (χ2n) is 11.4. The zero-order valence-electron chi connectivity index (χ0n) is 24.1. The molecular weight excluding hydrogens is 540 g/mol. The Balaban J connectivity index is 1.18. The van der Waals surface area contributed by atoms with E-state index in [1.54, 1.807) is 0 Å². The maximum absolute atomic E-state index is 12.6. The molecule has 0 aromatic heterocycles. The number of nitrogens with zero attached hydrogens (tertiary/aromatic N) is 1. The molecule has 0 radical (unpaired) electrons. The molecule has 0 unspecified atom stereocenters. The van der Waals surface area contributed by atoms with E-state index >= 15 is 0 Å². The van der Waals surface area contributed by atoms with Crippen molar-refractivity contribution in [1.82, 2.24) is 10.2 Å². The van der Waals surface area contributed by atoms with E-state index in [0.29, 0.717) is 25.1 Å². The highest BCUT2D eigenvalue weighted by Gasteiger charge is 2.34. The molecule has 0 aliphatic carbocycles. The molecule has 2 aliphatic heterocycles. The Morgan fingerprint density at radius 3 is 2.30 bits per heavy atom. The van der Waals surface area contributed by atoms with Crippen LogP contribution in [0.5, 0.6) is 0 Å². The van der Waals surface area contributed by atoms with Gasteiger partial charge >= 0.3 is 0 Å². The van der Waals surface area contributed by atoms with Gasteiger partial charge in [-0.05, 0) is 46.4 Å². The molecule has 0 bridgehead atoms. The van der Waals surface area contributed by atoms with Crippen LogP contribution < -0.4 is 5.32 Å². The fraction of sp³-hybridized carbons (Fsp3) is 0.306. The third kappa shape index (κ3) is 7.21. The zero-order chi connectivity index (χ0) is 29.6. The molecule has 222 valence electrons. The third-order valence-corrected chi connectivity index (χ3v) is 8.31. The SMILES string of the molecule is O=C(NCc1ccccc1-c1ccc([C@H]2O[C@@H](CN3CC[C@H](O)C3)C[C@@H](c3ccc(CO)cc3)O2)cc1)c1ccccc1. The van der Waals surface area contributed by atoms with Crippen molar-refractivity contribution in [2.45, 2.75) is 50.6 Å². The van der Waals surface area contributed by atoms with Crippen molar-refractivity contribution < 1.29 is 24.5 Å². The van der Waals surface area contributed by atoms with Gasteiger partial charge in [-0.3, -0.25) is 9.69 Å². The largest absolute Gasteiger partial charge is 0.392 e. The van der Waals surface area contributed by atoms with Crippen LogP contribution in [0.25, 0.3) is 11.1 Å².